The fourth-order valence-electron chi connectivity index (χ4n) is 2.39. The van der Waals surface area contributed by atoms with Crippen molar-refractivity contribution in [3.8, 4) is 0 Å². The van der Waals surface area contributed by atoms with E-state index in [1.807, 2.05) is 24.3 Å². The third-order valence-corrected chi connectivity index (χ3v) is 3.25. The van der Waals surface area contributed by atoms with Gasteiger partial charge in [-0.3, -0.25) is 10.2 Å². The van der Waals surface area contributed by atoms with Crippen molar-refractivity contribution in [1.29, 1.82) is 0 Å². The van der Waals surface area contributed by atoms with Crippen LogP contribution in [0.15, 0.2) is 24.3 Å². The summed E-state index contributed by atoms with van der Waals surface area (Å²) in [7, 11) is 0. The van der Waals surface area contributed by atoms with E-state index in [1.165, 1.54) is 5.56 Å². The maximum atomic E-state index is 12.1. The second-order valence-corrected chi connectivity index (χ2v) is 4.48. The van der Waals surface area contributed by atoms with Gasteiger partial charge < -0.3 is 4.74 Å². The SMILES string of the molecule is CCOC(=O)NNC(=O)[C@H]1CCCc2ccccc21. The van der Waals surface area contributed by atoms with E-state index < -0.39 is 6.09 Å². The molecule has 0 fully saturated rings. The first kappa shape index (κ1) is 13.4. The van der Waals surface area contributed by atoms with Crippen LogP contribution in [0.2, 0.25) is 0 Å². The van der Waals surface area contributed by atoms with Gasteiger partial charge in [-0.15, -0.1) is 0 Å². The standard InChI is InChI=1S/C14H18N2O3/c1-2-19-14(18)16-15-13(17)12-9-5-7-10-6-3-4-8-11(10)12/h3-4,6,8,12H,2,5,7,9H2,1H3,(H,15,17)(H,16,18)/t12-/m0/s1. The zero-order chi connectivity index (χ0) is 13.7. The average Bonchev–Trinajstić information content (AvgIpc) is 2.44. The summed E-state index contributed by atoms with van der Waals surface area (Å²) in [5, 5.41) is 0. The summed E-state index contributed by atoms with van der Waals surface area (Å²) >= 11 is 0. The topological polar surface area (TPSA) is 67.4 Å². The van der Waals surface area contributed by atoms with E-state index >= 15 is 0 Å². The van der Waals surface area contributed by atoms with E-state index in [-0.39, 0.29) is 18.4 Å². The van der Waals surface area contributed by atoms with Gasteiger partial charge in [0.05, 0.1) is 12.5 Å². The van der Waals surface area contributed by atoms with Gasteiger partial charge in [0.25, 0.3) is 0 Å². The molecule has 0 heterocycles. The first-order valence-electron chi connectivity index (χ1n) is 6.52. The van der Waals surface area contributed by atoms with E-state index in [0.29, 0.717) is 0 Å². The Hall–Kier alpha value is -2.04. The molecule has 1 aliphatic carbocycles. The van der Waals surface area contributed by atoms with E-state index in [9.17, 15) is 9.59 Å². The first-order chi connectivity index (χ1) is 9.22. The van der Waals surface area contributed by atoms with Crippen LogP contribution in [-0.2, 0) is 16.0 Å². The zero-order valence-corrected chi connectivity index (χ0v) is 10.9. The second kappa shape index (κ2) is 6.22. The Morgan fingerprint density at radius 2 is 2.11 bits per heavy atom. The number of ether oxygens (including phenoxy) is 1. The van der Waals surface area contributed by atoms with Gasteiger partial charge in [-0.2, -0.15) is 0 Å². The molecule has 0 spiro atoms. The average molecular weight is 262 g/mol. The molecule has 1 aromatic rings. The Morgan fingerprint density at radius 3 is 2.89 bits per heavy atom. The van der Waals surface area contributed by atoms with Gasteiger partial charge in [0.1, 0.15) is 0 Å². The molecule has 0 radical (unpaired) electrons. The smallest absolute Gasteiger partial charge is 0.426 e. The van der Waals surface area contributed by atoms with Crippen LogP contribution >= 0.6 is 0 Å². The van der Waals surface area contributed by atoms with Crippen LogP contribution in [0.1, 0.15) is 36.8 Å². The molecule has 19 heavy (non-hydrogen) atoms. The summed E-state index contributed by atoms with van der Waals surface area (Å²) < 4.78 is 4.68. The molecule has 2 N–H and O–H groups in total. The lowest BCUT2D eigenvalue weighted by molar-refractivity contribution is -0.123. The predicted molar refractivity (Wildman–Crippen MR) is 70.4 cm³/mol. The van der Waals surface area contributed by atoms with Crippen molar-refractivity contribution in [2.45, 2.75) is 32.1 Å². The largest absolute Gasteiger partial charge is 0.449 e. The highest BCUT2D eigenvalue weighted by atomic mass is 16.5. The normalized spacial score (nSPS) is 17.2. The van der Waals surface area contributed by atoms with Crippen LogP contribution in [0.4, 0.5) is 4.79 Å². The Kier molecular flexibility index (Phi) is 4.39. The summed E-state index contributed by atoms with van der Waals surface area (Å²) in [6.45, 7) is 1.98. The number of amides is 2. The summed E-state index contributed by atoms with van der Waals surface area (Å²) in [6, 6.07) is 7.94. The van der Waals surface area contributed by atoms with Crippen molar-refractivity contribution >= 4 is 12.0 Å². The van der Waals surface area contributed by atoms with Crippen molar-refractivity contribution in [3.63, 3.8) is 0 Å². The molecular weight excluding hydrogens is 244 g/mol. The van der Waals surface area contributed by atoms with Crippen LogP contribution in [0.5, 0.6) is 0 Å². The van der Waals surface area contributed by atoms with Crippen LogP contribution in [-0.4, -0.2) is 18.6 Å². The predicted octanol–water partition coefficient (Wildman–Crippen LogP) is 1.88. The number of carbonyl (C=O) groups excluding carboxylic acids is 2. The van der Waals surface area contributed by atoms with Gasteiger partial charge in [0, 0.05) is 0 Å². The molecule has 102 valence electrons. The molecule has 0 aromatic heterocycles. The monoisotopic (exact) mass is 262 g/mol. The van der Waals surface area contributed by atoms with Crippen LogP contribution in [0.25, 0.3) is 0 Å². The molecule has 1 atom stereocenters. The van der Waals surface area contributed by atoms with Crippen LogP contribution in [0.3, 0.4) is 0 Å². The lowest BCUT2D eigenvalue weighted by Gasteiger charge is -2.24. The molecule has 5 heteroatoms. The van der Waals surface area contributed by atoms with E-state index in [0.717, 1.165) is 24.8 Å². The third-order valence-electron chi connectivity index (χ3n) is 3.25. The van der Waals surface area contributed by atoms with Crippen molar-refractivity contribution < 1.29 is 14.3 Å². The zero-order valence-electron chi connectivity index (χ0n) is 10.9. The highest BCUT2D eigenvalue weighted by molar-refractivity contribution is 5.85. The van der Waals surface area contributed by atoms with Crippen molar-refractivity contribution in [2.24, 2.45) is 0 Å². The highest BCUT2D eigenvalue weighted by Crippen LogP contribution is 2.31. The van der Waals surface area contributed by atoms with Gasteiger partial charge in [-0.25, -0.2) is 10.2 Å². The molecule has 1 aliphatic rings. The van der Waals surface area contributed by atoms with Crippen LogP contribution in [0, 0.1) is 0 Å². The van der Waals surface area contributed by atoms with Crippen molar-refractivity contribution in [1.82, 2.24) is 10.9 Å². The Bertz CT molecular complexity index is 474. The molecule has 2 amide bonds. The number of hydrazine groups is 1. The number of nitrogens with one attached hydrogen (secondary N) is 2. The molecule has 0 aliphatic heterocycles. The van der Waals surface area contributed by atoms with E-state index in [4.69, 9.17) is 0 Å². The first-order valence-corrected chi connectivity index (χ1v) is 6.52. The molecule has 0 saturated heterocycles. The quantitative estimate of drug-likeness (QED) is 0.800. The molecule has 5 nitrogen and oxygen atoms in total. The third kappa shape index (κ3) is 3.24. The number of fused-ring (bicyclic) bond motifs is 1. The number of hydrogen-bond acceptors (Lipinski definition) is 3. The molecule has 0 unspecified atom stereocenters. The molecular formula is C14H18N2O3. The lowest BCUT2D eigenvalue weighted by atomic mass is 9.82. The van der Waals surface area contributed by atoms with Crippen molar-refractivity contribution in [2.75, 3.05) is 6.61 Å². The Morgan fingerprint density at radius 1 is 1.32 bits per heavy atom. The fraction of sp³-hybridized carbons (Fsp3) is 0.429. The number of carbonyl (C=O) groups is 2. The minimum atomic E-state index is -0.639. The number of rotatable bonds is 2. The fourth-order valence-corrected chi connectivity index (χ4v) is 2.39. The van der Waals surface area contributed by atoms with Gasteiger partial charge in [0.2, 0.25) is 5.91 Å². The van der Waals surface area contributed by atoms with Crippen LogP contribution < -0.4 is 10.9 Å². The highest BCUT2D eigenvalue weighted by Gasteiger charge is 2.26. The molecule has 0 saturated carbocycles. The molecule has 2 rings (SSSR count). The molecule has 0 bridgehead atoms. The maximum absolute atomic E-state index is 12.1. The van der Waals surface area contributed by atoms with Gasteiger partial charge in [-0.1, -0.05) is 24.3 Å². The Labute approximate surface area is 112 Å². The summed E-state index contributed by atoms with van der Waals surface area (Å²) in [4.78, 5) is 23.2. The Balaban J connectivity index is 1.99. The summed E-state index contributed by atoms with van der Waals surface area (Å²) in [5.41, 5.74) is 6.93. The number of benzene rings is 1. The molecule has 1 aromatic carbocycles. The second-order valence-electron chi connectivity index (χ2n) is 4.48. The van der Waals surface area contributed by atoms with Gasteiger partial charge in [0.15, 0.2) is 0 Å². The van der Waals surface area contributed by atoms with Gasteiger partial charge in [-0.05, 0) is 37.3 Å². The van der Waals surface area contributed by atoms with E-state index in [2.05, 4.69) is 15.6 Å². The lowest BCUT2D eigenvalue weighted by Crippen LogP contribution is -2.44. The minimum absolute atomic E-state index is 0.194. The van der Waals surface area contributed by atoms with Gasteiger partial charge >= 0.3 is 6.09 Å². The minimum Gasteiger partial charge on any atom is -0.449 e. The van der Waals surface area contributed by atoms with Crippen molar-refractivity contribution in [3.05, 3.63) is 35.4 Å². The van der Waals surface area contributed by atoms with E-state index in [1.54, 1.807) is 6.92 Å². The summed E-state index contributed by atoms with van der Waals surface area (Å²) in [5.74, 6) is -0.396. The summed E-state index contributed by atoms with van der Waals surface area (Å²) in [6.07, 6.45) is 2.15. The maximum Gasteiger partial charge on any atom is 0.426 e. The number of hydrogen-bond donors (Lipinski definition) is 2. The number of aryl methyl sites for hydroxylation is 1.